The molecule has 0 saturated carbocycles. The van der Waals surface area contributed by atoms with Crippen molar-refractivity contribution in [2.24, 2.45) is 0 Å². The van der Waals surface area contributed by atoms with Crippen molar-refractivity contribution in [2.75, 3.05) is 18.8 Å². The molecule has 96 valence electrons. The second-order valence-electron chi connectivity index (χ2n) is 3.79. The number of pyridine rings is 1. The Morgan fingerprint density at radius 1 is 1.35 bits per heavy atom. The molecule has 0 radical (unpaired) electrons. The molecule has 17 heavy (non-hydrogen) atoms. The molecule has 0 amide bonds. The van der Waals surface area contributed by atoms with E-state index in [0.717, 1.165) is 12.1 Å². The lowest BCUT2D eigenvalue weighted by molar-refractivity contribution is 0.563. The van der Waals surface area contributed by atoms with Crippen molar-refractivity contribution in [2.45, 2.75) is 19.9 Å². The van der Waals surface area contributed by atoms with Crippen LogP contribution < -0.4 is 10.0 Å². The molecule has 0 aliphatic carbocycles. The highest BCUT2D eigenvalue weighted by Gasteiger charge is 2.14. The summed E-state index contributed by atoms with van der Waals surface area (Å²) in [6.45, 7) is 5.00. The van der Waals surface area contributed by atoms with Gasteiger partial charge < -0.3 is 5.32 Å². The number of hydrogen-bond donors (Lipinski definition) is 2. The Hall–Kier alpha value is -0.980. The molecule has 0 aromatic carbocycles. The van der Waals surface area contributed by atoms with Crippen molar-refractivity contribution in [3.8, 4) is 0 Å². The summed E-state index contributed by atoms with van der Waals surface area (Å²) in [4.78, 5) is 3.90. The summed E-state index contributed by atoms with van der Waals surface area (Å²) in [5, 5.41) is 2.99. The fourth-order valence-electron chi connectivity index (χ4n) is 1.43. The molecule has 1 aromatic rings. The van der Waals surface area contributed by atoms with Gasteiger partial charge in [0.15, 0.2) is 0 Å². The van der Waals surface area contributed by atoms with Crippen molar-refractivity contribution >= 4 is 10.0 Å². The average Bonchev–Trinajstić information content (AvgIpc) is 2.30. The second kappa shape index (κ2) is 6.68. The second-order valence-corrected chi connectivity index (χ2v) is 5.67. The van der Waals surface area contributed by atoms with Crippen LogP contribution in [0.1, 0.15) is 25.5 Å². The molecule has 1 rings (SSSR count). The number of aromatic nitrogens is 1. The Morgan fingerprint density at radius 3 is 2.59 bits per heavy atom. The van der Waals surface area contributed by atoms with Crippen LogP contribution >= 0.6 is 0 Å². The molecule has 1 atom stereocenters. The van der Waals surface area contributed by atoms with Crippen LogP contribution in [0.5, 0.6) is 0 Å². The number of nitrogens with zero attached hydrogens (tertiary/aromatic N) is 1. The van der Waals surface area contributed by atoms with Crippen molar-refractivity contribution in [1.82, 2.24) is 15.0 Å². The van der Waals surface area contributed by atoms with Crippen molar-refractivity contribution in [1.29, 1.82) is 0 Å². The lowest BCUT2D eigenvalue weighted by Gasteiger charge is -2.14. The Labute approximate surface area is 103 Å². The van der Waals surface area contributed by atoms with Gasteiger partial charge in [-0.1, -0.05) is 6.92 Å². The van der Waals surface area contributed by atoms with E-state index in [9.17, 15) is 8.42 Å². The molecular formula is C11H19N3O2S. The van der Waals surface area contributed by atoms with Crippen molar-refractivity contribution < 1.29 is 8.42 Å². The third-order valence-corrected chi connectivity index (χ3v) is 3.81. The third-order valence-electron chi connectivity index (χ3n) is 2.36. The Bertz CT molecular complexity index is 420. The van der Waals surface area contributed by atoms with Gasteiger partial charge in [0.1, 0.15) is 0 Å². The van der Waals surface area contributed by atoms with Crippen molar-refractivity contribution in [3.05, 3.63) is 30.1 Å². The normalized spacial score (nSPS) is 13.5. The van der Waals surface area contributed by atoms with E-state index in [1.165, 1.54) is 0 Å². The fraction of sp³-hybridized carbons (Fsp3) is 0.545. The first-order valence-electron chi connectivity index (χ1n) is 5.66. The molecule has 1 aromatic heterocycles. The highest BCUT2D eigenvalue weighted by Crippen LogP contribution is 2.11. The minimum absolute atomic E-state index is 0.0935. The van der Waals surface area contributed by atoms with Crippen molar-refractivity contribution in [3.63, 3.8) is 0 Å². The SMILES string of the molecule is CCNCCS(=O)(=O)NC(C)c1ccncc1. The van der Waals surface area contributed by atoms with Gasteiger partial charge in [0.05, 0.1) is 5.75 Å². The van der Waals surface area contributed by atoms with E-state index in [1.54, 1.807) is 24.5 Å². The number of rotatable bonds is 7. The molecule has 0 bridgehead atoms. The minimum atomic E-state index is -3.23. The molecule has 0 spiro atoms. The summed E-state index contributed by atoms with van der Waals surface area (Å²) in [6.07, 6.45) is 3.30. The molecule has 0 saturated heterocycles. The zero-order chi connectivity index (χ0) is 12.7. The van der Waals surface area contributed by atoms with Gasteiger partial charge in [0.25, 0.3) is 0 Å². The van der Waals surface area contributed by atoms with Gasteiger partial charge >= 0.3 is 0 Å². The minimum Gasteiger partial charge on any atom is -0.316 e. The third kappa shape index (κ3) is 5.25. The van der Waals surface area contributed by atoms with Crippen LogP contribution in [0.15, 0.2) is 24.5 Å². The van der Waals surface area contributed by atoms with Gasteiger partial charge in [0.2, 0.25) is 10.0 Å². The first-order chi connectivity index (χ1) is 8.05. The first kappa shape index (κ1) is 14.1. The summed E-state index contributed by atoms with van der Waals surface area (Å²) in [5.74, 6) is 0.0935. The smallest absolute Gasteiger partial charge is 0.213 e. The summed E-state index contributed by atoms with van der Waals surface area (Å²) in [5.41, 5.74) is 0.909. The van der Waals surface area contributed by atoms with E-state index < -0.39 is 10.0 Å². The number of nitrogens with one attached hydrogen (secondary N) is 2. The van der Waals surface area contributed by atoms with Crippen LogP contribution in [0.2, 0.25) is 0 Å². The number of hydrogen-bond acceptors (Lipinski definition) is 4. The van der Waals surface area contributed by atoms with Gasteiger partial charge in [0, 0.05) is 25.0 Å². The molecule has 0 aliphatic heterocycles. The zero-order valence-corrected chi connectivity index (χ0v) is 11.0. The first-order valence-corrected chi connectivity index (χ1v) is 7.31. The molecule has 5 nitrogen and oxygen atoms in total. The Morgan fingerprint density at radius 2 is 2.00 bits per heavy atom. The predicted molar refractivity (Wildman–Crippen MR) is 68.1 cm³/mol. The molecule has 1 unspecified atom stereocenters. The lowest BCUT2D eigenvalue weighted by Crippen LogP contribution is -2.33. The van der Waals surface area contributed by atoms with E-state index >= 15 is 0 Å². The van der Waals surface area contributed by atoms with Crippen LogP contribution in [0.25, 0.3) is 0 Å². The van der Waals surface area contributed by atoms with Gasteiger partial charge in [-0.25, -0.2) is 13.1 Å². The maximum atomic E-state index is 11.7. The van der Waals surface area contributed by atoms with Crippen LogP contribution in [-0.4, -0.2) is 32.2 Å². The van der Waals surface area contributed by atoms with Crippen LogP contribution in [-0.2, 0) is 10.0 Å². The summed E-state index contributed by atoms with van der Waals surface area (Å²) in [7, 11) is -3.23. The van der Waals surface area contributed by atoms with E-state index in [0.29, 0.717) is 6.54 Å². The highest BCUT2D eigenvalue weighted by molar-refractivity contribution is 7.89. The van der Waals surface area contributed by atoms with Gasteiger partial charge in [-0.3, -0.25) is 4.98 Å². The molecule has 0 fully saturated rings. The molecule has 2 N–H and O–H groups in total. The lowest BCUT2D eigenvalue weighted by atomic mass is 10.1. The highest BCUT2D eigenvalue weighted by atomic mass is 32.2. The summed E-state index contributed by atoms with van der Waals surface area (Å²) >= 11 is 0. The van der Waals surface area contributed by atoms with Gasteiger partial charge in [-0.05, 0) is 31.2 Å². The maximum Gasteiger partial charge on any atom is 0.213 e. The standard InChI is InChI=1S/C11H19N3O2S/c1-3-12-8-9-17(15,16)14-10(2)11-4-6-13-7-5-11/h4-7,10,12,14H,3,8-9H2,1-2H3. The average molecular weight is 257 g/mol. The van der Waals surface area contributed by atoms with E-state index in [-0.39, 0.29) is 11.8 Å². The molecular weight excluding hydrogens is 238 g/mol. The maximum absolute atomic E-state index is 11.7. The van der Waals surface area contributed by atoms with Gasteiger partial charge in [-0.2, -0.15) is 0 Å². The molecule has 1 heterocycles. The van der Waals surface area contributed by atoms with Crippen LogP contribution in [0.3, 0.4) is 0 Å². The Balaban J connectivity index is 2.53. The van der Waals surface area contributed by atoms with E-state index in [4.69, 9.17) is 0 Å². The number of sulfonamides is 1. The zero-order valence-electron chi connectivity index (χ0n) is 10.2. The largest absolute Gasteiger partial charge is 0.316 e. The fourth-order valence-corrected chi connectivity index (χ4v) is 2.64. The summed E-state index contributed by atoms with van der Waals surface area (Å²) < 4.78 is 26.1. The van der Waals surface area contributed by atoms with Crippen LogP contribution in [0, 0.1) is 0 Å². The predicted octanol–water partition coefficient (Wildman–Crippen LogP) is 0.671. The van der Waals surface area contributed by atoms with Crippen LogP contribution in [0.4, 0.5) is 0 Å². The van der Waals surface area contributed by atoms with Gasteiger partial charge in [-0.15, -0.1) is 0 Å². The molecule has 6 heteroatoms. The topological polar surface area (TPSA) is 71.1 Å². The monoisotopic (exact) mass is 257 g/mol. The van der Waals surface area contributed by atoms with E-state index in [2.05, 4.69) is 15.0 Å². The van der Waals surface area contributed by atoms with E-state index in [1.807, 2.05) is 13.8 Å². The molecule has 0 aliphatic rings. The Kier molecular flexibility index (Phi) is 5.54. The quantitative estimate of drug-likeness (QED) is 0.704. The summed E-state index contributed by atoms with van der Waals surface area (Å²) in [6, 6.07) is 3.37.